The van der Waals surface area contributed by atoms with Crippen LogP contribution in [-0.2, 0) is 11.3 Å². The molecule has 1 aromatic rings. The molecule has 0 aliphatic rings. The number of carbonyl (C=O) groups excluding carboxylic acids is 1. The molecule has 0 radical (unpaired) electrons. The maximum absolute atomic E-state index is 11.3. The van der Waals surface area contributed by atoms with Gasteiger partial charge in [0.2, 0.25) is 5.91 Å². The molecule has 1 aromatic carbocycles. The van der Waals surface area contributed by atoms with Gasteiger partial charge in [-0.25, -0.2) is 0 Å². The van der Waals surface area contributed by atoms with Crippen molar-refractivity contribution in [2.45, 2.75) is 31.7 Å². The van der Waals surface area contributed by atoms with Gasteiger partial charge in [0.25, 0.3) is 0 Å². The summed E-state index contributed by atoms with van der Waals surface area (Å²) in [6, 6.07) is 8.51. The zero-order valence-electron chi connectivity index (χ0n) is 11.2. The molecular weight excluding hydrogens is 244 g/mol. The average Bonchev–Trinajstić information content (AvgIpc) is 2.38. The smallest absolute Gasteiger partial charge is 0.220 e. The predicted octanol–water partition coefficient (Wildman–Crippen LogP) is 2.41. The Morgan fingerprint density at radius 2 is 1.89 bits per heavy atom. The molecule has 0 aromatic heterocycles. The van der Waals surface area contributed by atoms with E-state index < -0.39 is 0 Å². The molecule has 4 heteroatoms. The maximum Gasteiger partial charge on any atom is 0.220 e. The molecule has 0 bridgehead atoms. The number of thioether (sulfide) groups is 1. The third kappa shape index (κ3) is 6.07. The summed E-state index contributed by atoms with van der Waals surface area (Å²) >= 11 is 1.73. The predicted molar refractivity (Wildman–Crippen MR) is 77.8 cm³/mol. The van der Waals surface area contributed by atoms with Gasteiger partial charge < -0.3 is 10.6 Å². The number of amides is 1. The highest BCUT2D eigenvalue weighted by Crippen LogP contribution is 2.19. The van der Waals surface area contributed by atoms with E-state index in [9.17, 15) is 4.79 Å². The van der Waals surface area contributed by atoms with E-state index >= 15 is 0 Å². The summed E-state index contributed by atoms with van der Waals surface area (Å²) in [6.45, 7) is 6.66. The van der Waals surface area contributed by atoms with Crippen molar-refractivity contribution in [3.8, 4) is 0 Å². The van der Waals surface area contributed by atoms with Crippen molar-refractivity contribution in [3.05, 3.63) is 29.8 Å². The summed E-state index contributed by atoms with van der Waals surface area (Å²) in [4.78, 5) is 12.5. The third-order valence-corrected chi connectivity index (χ3v) is 3.49. The molecule has 0 saturated carbocycles. The Morgan fingerprint density at radius 3 is 2.50 bits per heavy atom. The van der Waals surface area contributed by atoms with Crippen molar-refractivity contribution in [3.63, 3.8) is 0 Å². The Bertz CT molecular complexity index is 351. The monoisotopic (exact) mass is 266 g/mol. The van der Waals surface area contributed by atoms with Gasteiger partial charge in [-0.1, -0.05) is 19.1 Å². The summed E-state index contributed by atoms with van der Waals surface area (Å²) in [7, 11) is 0. The first kappa shape index (κ1) is 15.1. The molecule has 0 aliphatic heterocycles. The van der Waals surface area contributed by atoms with Crippen LogP contribution < -0.4 is 10.6 Å². The van der Waals surface area contributed by atoms with Gasteiger partial charge in [-0.3, -0.25) is 4.79 Å². The molecule has 0 fully saturated rings. The van der Waals surface area contributed by atoms with Gasteiger partial charge in [-0.15, -0.1) is 11.8 Å². The van der Waals surface area contributed by atoms with Gasteiger partial charge in [-0.2, -0.15) is 0 Å². The lowest BCUT2D eigenvalue weighted by atomic mass is 10.2. The lowest BCUT2D eigenvalue weighted by Gasteiger charge is -2.05. The van der Waals surface area contributed by atoms with Crippen LogP contribution in [0.3, 0.4) is 0 Å². The number of rotatable bonds is 8. The summed E-state index contributed by atoms with van der Waals surface area (Å²) in [6.07, 6.45) is 0.581. The molecule has 0 atom stereocenters. The maximum atomic E-state index is 11.3. The number of hydrogen-bond acceptors (Lipinski definition) is 3. The van der Waals surface area contributed by atoms with Crippen molar-refractivity contribution < 1.29 is 4.79 Å². The van der Waals surface area contributed by atoms with E-state index in [-0.39, 0.29) is 5.91 Å². The first-order valence-corrected chi connectivity index (χ1v) is 7.44. The zero-order chi connectivity index (χ0) is 13.2. The lowest BCUT2D eigenvalue weighted by molar-refractivity contribution is -0.120. The highest BCUT2D eigenvalue weighted by Gasteiger charge is 2.00. The Balaban J connectivity index is 2.28. The van der Waals surface area contributed by atoms with Crippen molar-refractivity contribution in [2.24, 2.45) is 0 Å². The van der Waals surface area contributed by atoms with E-state index in [0.29, 0.717) is 13.0 Å². The summed E-state index contributed by atoms with van der Waals surface area (Å²) in [5.74, 6) is 0.965. The highest BCUT2D eigenvalue weighted by atomic mass is 32.2. The van der Waals surface area contributed by atoms with E-state index in [1.807, 2.05) is 6.92 Å². The van der Waals surface area contributed by atoms with Crippen LogP contribution in [0.25, 0.3) is 0 Å². The first-order chi connectivity index (χ1) is 8.76. The summed E-state index contributed by atoms with van der Waals surface area (Å²) in [5, 5.41) is 6.10. The summed E-state index contributed by atoms with van der Waals surface area (Å²) in [5.41, 5.74) is 1.30. The SMILES string of the molecule is CCNCc1ccc(SCCC(=O)NCC)cc1. The van der Waals surface area contributed by atoms with Gasteiger partial charge in [-0.05, 0) is 31.2 Å². The van der Waals surface area contributed by atoms with Gasteiger partial charge in [0.15, 0.2) is 0 Å². The molecule has 1 amide bonds. The largest absolute Gasteiger partial charge is 0.356 e. The topological polar surface area (TPSA) is 41.1 Å². The van der Waals surface area contributed by atoms with Crippen molar-refractivity contribution in [1.29, 1.82) is 0 Å². The molecule has 0 aliphatic carbocycles. The number of benzene rings is 1. The Hall–Kier alpha value is -1.00. The van der Waals surface area contributed by atoms with Crippen LogP contribution in [-0.4, -0.2) is 24.7 Å². The molecule has 100 valence electrons. The Kier molecular flexibility index (Phi) is 7.53. The number of carbonyl (C=O) groups is 1. The van der Waals surface area contributed by atoms with E-state index in [1.54, 1.807) is 11.8 Å². The van der Waals surface area contributed by atoms with Crippen LogP contribution in [0.2, 0.25) is 0 Å². The number of nitrogens with one attached hydrogen (secondary N) is 2. The fourth-order valence-electron chi connectivity index (χ4n) is 1.52. The molecule has 0 heterocycles. The van der Waals surface area contributed by atoms with E-state index in [0.717, 1.165) is 18.8 Å². The minimum atomic E-state index is 0.133. The standard InChI is InChI=1S/C14H22N2OS/c1-3-15-11-12-5-7-13(8-6-12)18-10-9-14(17)16-4-2/h5-8,15H,3-4,9-11H2,1-2H3,(H,16,17). The Labute approximate surface area is 114 Å². The van der Waals surface area contributed by atoms with Crippen molar-refractivity contribution >= 4 is 17.7 Å². The fourth-order valence-corrected chi connectivity index (χ4v) is 2.37. The highest BCUT2D eigenvalue weighted by molar-refractivity contribution is 7.99. The molecule has 18 heavy (non-hydrogen) atoms. The molecule has 1 rings (SSSR count). The summed E-state index contributed by atoms with van der Waals surface area (Å²) < 4.78 is 0. The molecule has 0 saturated heterocycles. The molecule has 2 N–H and O–H groups in total. The van der Waals surface area contributed by atoms with Gasteiger partial charge in [0.05, 0.1) is 0 Å². The average molecular weight is 266 g/mol. The second-order valence-corrected chi connectivity index (χ2v) is 5.14. The second-order valence-electron chi connectivity index (χ2n) is 3.98. The van der Waals surface area contributed by atoms with Crippen LogP contribution in [0, 0.1) is 0 Å². The fraction of sp³-hybridized carbons (Fsp3) is 0.500. The minimum absolute atomic E-state index is 0.133. The molecule has 0 unspecified atom stereocenters. The zero-order valence-corrected chi connectivity index (χ0v) is 12.0. The minimum Gasteiger partial charge on any atom is -0.356 e. The van der Waals surface area contributed by atoms with E-state index in [2.05, 4.69) is 41.8 Å². The number of hydrogen-bond donors (Lipinski definition) is 2. The molecule has 3 nitrogen and oxygen atoms in total. The third-order valence-electron chi connectivity index (χ3n) is 2.47. The first-order valence-electron chi connectivity index (χ1n) is 6.45. The quantitative estimate of drug-likeness (QED) is 0.710. The van der Waals surface area contributed by atoms with E-state index in [1.165, 1.54) is 10.5 Å². The van der Waals surface area contributed by atoms with Crippen molar-refractivity contribution in [1.82, 2.24) is 10.6 Å². The van der Waals surface area contributed by atoms with Gasteiger partial charge >= 0.3 is 0 Å². The normalized spacial score (nSPS) is 10.3. The molecular formula is C14H22N2OS. The van der Waals surface area contributed by atoms with Crippen LogP contribution in [0.5, 0.6) is 0 Å². The van der Waals surface area contributed by atoms with Crippen LogP contribution in [0.4, 0.5) is 0 Å². The van der Waals surface area contributed by atoms with Crippen LogP contribution in [0.1, 0.15) is 25.8 Å². The van der Waals surface area contributed by atoms with Crippen LogP contribution >= 0.6 is 11.8 Å². The van der Waals surface area contributed by atoms with Crippen LogP contribution in [0.15, 0.2) is 29.2 Å². The Morgan fingerprint density at radius 1 is 1.17 bits per heavy atom. The molecule has 0 spiro atoms. The van der Waals surface area contributed by atoms with Gasteiger partial charge in [0.1, 0.15) is 0 Å². The lowest BCUT2D eigenvalue weighted by Crippen LogP contribution is -2.22. The van der Waals surface area contributed by atoms with E-state index in [4.69, 9.17) is 0 Å². The van der Waals surface area contributed by atoms with Crippen molar-refractivity contribution in [2.75, 3.05) is 18.8 Å². The second kappa shape index (κ2) is 9.00. The van der Waals surface area contributed by atoms with Gasteiger partial charge in [0, 0.05) is 30.2 Å².